The van der Waals surface area contributed by atoms with Crippen LogP contribution in [0.25, 0.3) is 0 Å². The zero-order valence-corrected chi connectivity index (χ0v) is 6.95. The lowest BCUT2D eigenvalue weighted by Gasteiger charge is -1.99. The van der Waals surface area contributed by atoms with Crippen LogP contribution in [0.15, 0.2) is 18.3 Å². The van der Waals surface area contributed by atoms with E-state index in [0.29, 0.717) is 12.3 Å². The molecule has 3 nitrogen and oxygen atoms in total. The van der Waals surface area contributed by atoms with E-state index in [-0.39, 0.29) is 0 Å². The molecular formula is C9H10N2O. The summed E-state index contributed by atoms with van der Waals surface area (Å²) in [5.41, 5.74) is 1.07. The Bertz CT molecular complexity index is 274. The number of aromatic nitrogens is 1. The van der Waals surface area contributed by atoms with Gasteiger partial charge in [0.05, 0.1) is 13.2 Å². The summed E-state index contributed by atoms with van der Waals surface area (Å²) in [6, 6.07) is 5.80. The maximum absolute atomic E-state index is 8.33. The molecule has 12 heavy (non-hydrogen) atoms. The van der Waals surface area contributed by atoms with E-state index in [9.17, 15) is 0 Å². The van der Waals surface area contributed by atoms with Crippen LogP contribution in [-0.4, -0.2) is 12.1 Å². The highest BCUT2D eigenvalue weighted by Gasteiger charge is 1.94. The van der Waals surface area contributed by atoms with Crippen molar-refractivity contribution >= 4 is 0 Å². The fourth-order valence-corrected chi connectivity index (χ4v) is 0.880. The highest BCUT2D eigenvalue weighted by Crippen LogP contribution is 2.07. The largest absolute Gasteiger partial charge is 0.481 e. The third kappa shape index (κ3) is 2.24. The number of hydrogen-bond donors (Lipinski definition) is 0. The van der Waals surface area contributed by atoms with E-state index in [1.54, 1.807) is 19.4 Å². The first kappa shape index (κ1) is 8.54. The van der Waals surface area contributed by atoms with Gasteiger partial charge in [-0.2, -0.15) is 5.26 Å². The predicted octanol–water partition coefficient (Wildman–Crippen LogP) is 1.55. The van der Waals surface area contributed by atoms with E-state index in [1.807, 2.05) is 6.07 Å². The highest BCUT2D eigenvalue weighted by molar-refractivity contribution is 5.18. The third-order valence-electron chi connectivity index (χ3n) is 1.53. The topological polar surface area (TPSA) is 45.9 Å². The average Bonchev–Trinajstić information content (AvgIpc) is 2.15. The standard InChI is InChI=1S/C9H10N2O/c1-12-9-5-4-8(7-11-9)3-2-6-10/h4-5,7H,2-3H2,1H3. The number of hydrogen-bond acceptors (Lipinski definition) is 3. The number of nitrogens with zero attached hydrogens (tertiary/aromatic N) is 2. The van der Waals surface area contributed by atoms with E-state index < -0.39 is 0 Å². The van der Waals surface area contributed by atoms with E-state index in [1.165, 1.54) is 0 Å². The smallest absolute Gasteiger partial charge is 0.212 e. The van der Waals surface area contributed by atoms with Crippen molar-refractivity contribution in [3.05, 3.63) is 23.9 Å². The number of pyridine rings is 1. The Balaban J connectivity index is 2.60. The van der Waals surface area contributed by atoms with Crippen LogP contribution >= 0.6 is 0 Å². The summed E-state index contributed by atoms with van der Waals surface area (Å²) >= 11 is 0. The van der Waals surface area contributed by atoms with Crippen LogP contribution in [0.3, 0.4) is 0 Å². The van der Waals surface area contributed by atoms with E-state index >= 15 is 0 Å². The first-order valence-corrected chi connectivity index (χ1v) is 3.72. The molecule has 0 aromatic carbocycles. The molecule has 0 radical (unpaired) electrons. The van der Waals surface area contributed by atoms with Crippen LogP contribution in [0.5, 0.6) is 5.88 Å². The molecule has 0 saturated heterocycles. The first-order chi connectivity index (χ1) is 5.86. The lowest BCUT2D eigenvalue weighted by atomic mass is 10.2. The van der Waals surface area contributed by atoms with Gasteiger partial charge in [-0.1, -0.05) is 6.07 Å². The molecular weight excluding hydrogens is 152 g/mol. The minimum atomic E-state index is 0.536. The average molecular weight is 162 g/mol. The molecule has 1 aromatic heterocycles. The summed E-state index contributed by atoms with van der Waals surface area (Å²) in [5, 5.41) is 8.33. The van der Waals surface area contributed by atoms with Crippen molar-refractivity contribution in [2.75, 3.05) is 7.11 Å². The van der Waals surface area contributed by atoms with Gasteiger partial charge in [0.15, 0.2) is 0 Å². The molecule has 1 heterocycles. The van der Waals surface area contributed by atoms with Crippen LogP contribution in [0.2, 0.25) is 0 Å². The molecule has 0 bridgehead atoms. The van der Waals surface area contributed by atoms with E-state index in [0.717, 1.165) is 12.0 Å². The van der Waals surface area contributed by atoms with Crippen molar-refractivity contribution in [1.29, 1.82) is 5.26 Å². The molecule has 62 valence electrons. The summed E-state index contributed by atoms with van der Waals surface area (Å²) in [6.45, 7) is 0. The molecule has 1 aromatic rings. The normalized spacial score (nSPS) is 9.00. The molecule has 3 heteroatoms. The Labute approximate surface area is 71.6 Å². The van der Waals surface area contributed by atoms with Gasteiger partial charge in [-0.3, -0.25) is 0 Å². The monoisotopic (exact) mass is 162 g/mol. The molecule has 0 spiro atoms. The van der Waals surface area contributed by atoms with Crippen LogP contribution in [0.1, 0.15) is 12.0 Å². The second-order valence-electron chi connectivity index (χ2n) is 2.37. The maximum atomic E-state index is 8.33. The Hall–Kier alpha value is -1.56. The lowest BCUT2D eigenvalue weighted by Crippen LogP contribution is -1.89. The van der Waals surface area contributed by atoms with Gasteiger partial charge >= 0.3 is 0 Å². The van der Waals surface area contributed by atoms with Crippen LogP contribution in [0.4, 0.5) is 0 Å². The van der Waals surface area contributed by atoms with Gasteiger partial charge in [0.2, 0.25) is 5.88 Å². The minimum absolute atomic E-state index is 0.536. The maximum Gasteiger partial charge on any atom is 0.212 e. The van der Waals surface area contributed by atoms with Gasteiger partial charge in [0.25, 0.3) is 0 Å². The second-order valence-corrected chi connectivity index (χ2v) is 2.37. The van der Waals surface area contributed by atoms with Gasteiger partial charge < -0.3 is 4.74 Å². The highest BCUT2D eigenvalue weighted by atomic mass is 16.5. The molecule has 0 aliphatic carbocycles. The third-order valence-corrected chi connectivity index (χ3v) is 1.53. The number of methoxy groups -OCH3 is 1. The molecule has 1 rings (SSSR count). The molecule has 0 N–H and O–H groups in total. The van der Waals surface area contributed by atoms with Gasteiger partial charge in [-0.25, -0.2) is 4.98 Å². The van der Waals surface area contributed by atoms with Crippen LogP contribution in [0, 0.1) is 11.3 Å². The van der Waals surface area contributed by atoms with Crippen molar-refractivity contribution in [1.82, 2.24) is 4.98 Å². The SMILES string of the molecule is COc1ccc(CCC#N)cn1. The second kappa shape index (κ2) is 4.35. The van der Waals surface area contributed by atoms with Crippen LogP contribution < -0.4 is 4.74 Å². The van der Waals surface area contributed by atoms with Gasteiger partial charge in [0, 0.05) is 18.7 Å². The summed E-state index contributed by atoms with van der Waals surface area (Å²) in [7, 11) is 1.58. The summed E-state index contributed by atoms with van der Waals surface area (Å²) in [6.07, 6.45) is 3.03. The van der Waals surface area contributed by atoms with Crippen LogP contribution in [-0.2, 0) is 6.42 Å². The van der Waals surface area contributed by atoms with E-state index in [4.69, 9.17) is 10.00 Å². The summed E-state index contributed by atoms with van der Waals surface area (Å²) in [4.78, 5) is 4.02. The van der Waals surface area contributed by atoms with Crippen molar-refractivity contribution in [2.24, 2.45) is 0 Å². The molecule has 0 aliphatic rings. The molecule has 0 saturated carbocycles. The quantitative estimate of drug-likeness (QED) is 0.677. The lowest BCUT2D eigenvalue weighted by molar-refractivity contribution is 0.397. The summed E-state index contributed by atoms with van der Waals surface area (Å²) in [5.74, 6) is 0.607. The zero-order valence-electron chi connectivity index (χ0n) is 6.95. The molecule has 0 unspecified atom stereocenters. The fraction of sp³-hybridized carbons (Fsp3) is 0.333. The molecule has 0 amide bonds. The van der Waals surface area contributed by atoms with Crippen molar-refractivity contribution in [2.45, 2.75) is 12.8 Å². The first-order valence-electron chi connectivity index (χ1n) is 3.72. The molecule has 0 aliphatic heterocycles. The van der Waals surface area contributed by atoms with Gasteiger partial charge in [-0.05, 0) is 12.0 Å². The Morgan fingerprint density at radius 3 is 2.92 bits per heavy atom. The predicted molar refractivity (Wildman–Crippen MR) is 44.7 cm³/mol. The Kier molecular flexibility index (Phi) is 3.09. The zero-order chi connectivity index (χ0) is 8.81. The number of aryl methyl sites for hydroxylation is 1. The van der Waals surface area contributed by atoms with Gasteiger partial charge in [0.1, 0.15) is 0 Å². The minimum Gasteiger partial charge on any atom is -0.481 e. The van der Waals surface area contributed by atoms with Crippen molar-refractivity contribution in [3.63, 3.8) is 0 Å². The summed E-state index contributed by atoms with van der Waals surface area (Å²) < 4.78 is 4.90. The number of rotatable bonds is 3. The number of ether oxygens (including phenoxy) is 1. The number of nitriles is 1. The van der Waals surface area contributed by atoms with Crippen molar-refractivity contribution in [3.8, 4) is 11.9 Å². The molecule has 0 atom stereocenters. The Morgan fingerprint density at radius 2 is 2.42 bits per heavy atom. The van der Waals surface area contributed by atoms with Gasteiger partial charge in [-0.15, -0.1) is 0 Å². The van der Waals surface area contributed by atoms with E-state index in [2.05, 4.69) is 11.1 Å². The Morgan fingerprint density at radius 1 is 1.58 bits per heavy atom. The van der Waals surface area contributed by atoms with Crippen molar-refractivity contribution < 1.29 is 4.74 Å². The fourth-order valence-electron chi connectivity index (χ4n) is 0.880. The molecule has 0 fully saturated rings.